The number of nitrogen functional groups attached to an aromatic ring is 1. The summed E-state index contributed by atoms with van der Waals surface area (Å²) in [7, 11) is -3.62. The first-order valence-corrected chi connectivity index (χ1v) is 12.6. The molecule has 13 heteroatoms. The van der Waals surface area contributed by atoms with Gasteiger partial charge in [-0.1, -0.05) is 30.3 Å². The van der Waals surface area contributed by atoms with Crippen LogP contribution in [0.3, 0.4) is 0 Å². The Morgan fingerprint density at radius 2 is 1.91 bits per heavy atom. The lowest BCUT2D eigenvalue weighted by molar-refractivity contribution is -0.262. The number of nitrogens with zero attached hydrogens (tertiary/aromatic N) is 4. The maximum absolute atomic E-state index is 16.2. The summed E-state index contributed by atoms with van der Waals surface area (Å²) in [5, 5.41) is 0. The van der Waals surface area contributed by atoms with Crippen LogP contribution in [0.15, 0.2) is 43.0 Å². The third kappa shape index (κ3) is 4.33. The van der Waals surface area contributed by atoms with Crippen molar-refractivity contribution in [1.82, 2.24) is 19.5 Å². The molecule has 0 saturated carbocycles. The van der Waals surface area contributed by atoms with E-state index in [1.165, 1.54) is 23.9 Å². The van der Waals surface area contributed by atoms with Gasteiger partial charge in [0.25, 0.3) is 5.85 Å². The molecule has 5 rings (SSSR count). The zero-order chi connectivity index (χ0) is 24.1. The van der Waals surface area contributed by atoms with Gasteiger partial charge in [-0.2, -0.15) is 0 Å². The van der Waals surface area contributed by atoms with E-state index in [9.17, 15) is 4.57 Å². The molecule has 3 aromatic rings. The third-order valence-corrected chi connectivity index (χ3v) is 6.81. The maximum atomic E-state index is 16.2. The average Bonchev–Trinajstić information content (AvgIpc) is 3.44. The van der Waals surface area contributed by atoms with Crippen molar-refractivity contribution in [3.05, 3.63) is 48.5 Å². The Hall–Kier alpha value is -2.47. The van der Waals surface area contributed by atoms with Gasteiger partial charge < -0.3 is 29.0 Å². The van der Waals surface area contributed by atoms with Crippen LogP contribution in [0.25, 0.3) is 11.2 Å². The predicted molar refractivity (Wildman–Crippen MR) is 118 cm³/mol. The Bertz CT molecular complexity index is 1240. The normalized spacial score (nSPS) is 29.8. The second kappa shape index (κ2) is 8.33. The van der Waals surface area contributed by atoms with Crippen molar-refractivity contribution in [2.75, 3.05) is 19.0 Å². The molecule has 2 aliphatic heterocycles. The maximum Gasteiger partial charge on any atom is 0.328 e. The first-order valence-electron chi connectivity index (χ1n) is 10.6. The Kier molecular flexibility index (Phi) is 5.70. The summed E-state index contributed by atoms with van der Waals surface area (Å²) in [6.07, 6.45) is -0.327. The van der Waals surface area contributed by atoms with Gasteiger partial charge in [0.2, 0.25) is 0 Å². The number of anilines is 1. The molecule has 2 unspecified atom stereocenters. The molecule has 4 heterocycles. The number of benzene rings is 1. The Labute approximate surface area is 194 Å². The fourth-order valence-corrected chi connectivity index (χ4v) is 4.93. The van der Waals surface area contributed by atoms with Gasteiger partial charge in [-0.15, -0.1) is 0 Å². The number of fused-ring (bicyclic) bond motifs is 2. The molecule has 11 nitrogen and oxygen atoms in total. The molecular weight excluding hydrogens is 468 g/mol. The van der Waals surface area contributed by atoms with E-state index in [1.54, 1.807) is 13.8 Å². The zero-order valence-electron chi connectivity index (χ0n) is 18.8. The summed E-state index contributed by atoms with van der Waals surface area (Å²) in [4.78, 5) is 12.3. The zero-order valence-corrected chi connectivity index (χ0v) is 19.7. The third-order valence-electron chi connectivity index (χ3n) is 5.62. The van der Waals surface area contributed by atoms with Gasteiger partial charge >= 0.3 is 7.60 Å². The second-order valence-corrected chi connectivity index (χ2v) is 10.8. The number of rotatable bonds is 7. The Morgan fingerprint density at radius 3 is 2.68 bits per heavy atom. The van der Waals surface area contributed by atoms with Crippen LogP contribution < -0.4 is 5.73 Å². The van der Waals surface area contributed by atoms with E-state index in [-0.39, 0.29) is 12.4 Å². The monoisotopic (exact) mass is 493 g/mol. The SMILES string of the molecule is CC1(C)OC2[C@H](O1)[C@H](n1cnc3c(N)ncnc31)O[C@]2(F)COP(C)(=O)OCc1ccccc1. The van der Waals surface area contributed by atoms with E-state index in [1.807, 2.05) is 30.3 Å². The number of hydrogen-bond acceptors (Lipinski definition) is 10. The van der Waals surface area contributed by atoms with Gasteiger partial charge in [-0.05, 0) is 19.4 Å². The lowest BCUT2D eigenvalue weighted by Gasteiger charge is -2.29. The molecule has 182 valence electrons. The molecule has 0 bridgehead atoms. The van der Waals surface area contributed by atoms with Crippen molar-refractivity contribution in [3.8, 4) is 0 Å². The summed E-state index contributed by atoms with van der Waals surface area (Å²) in [5.74, 6) is -3.39. The first kappa shape index (κ1) is 23.3. The number of imidazole rings is 1. The van der Waals surface area contributed by atoms with E-state index in [0.717, 1.165) is 5.56 Å². The highest BCUT2D eigenvalue weighted by Gasteiger charge is 2.65. The number of ether oxygens (including phenoxy) is 3. The highest BCUT2D eigenvalue weighted by Crippen LogP contribution is 2.52. The summed E-state index contributed by atoms with van der Waals surface area (Å²) in [6.45, 7) is 3.98. The lowest BCUT2D eigenvalue weighted by Crippen LogP contribution is -2.43. The molecule has 2 fully saturated rings. The number of hydrogen-bond donors (Lipinski definition) is 1. The van der Waals surface area contributed by atoms with Crippen LogP contribution >= 0.6 is 7.60 Å². The van der Waals surface area contributed by atoms with Crippen LogP contribution in [0.4, 0.5) is 10.2 Å². The molecule has 0 amide bonds. The molecule has 5 atom stereocenters. The number of halogens is 1. The van der Waals surface area contributed by atoms with Crippen molar-refractivity contribution >= 4 is 24.6 Å². The summed E-state index contributed by atoms with van der Waals surface area (Å²) >= 11 is 0. The van der Waals surface area contributed by atoms with Crippen molar-refractivity contribution in [2.45, 2.75) is 50.5 Å². The minimum Gasteiger partial charge on any atom is -0.382 e. The molecule has 2 aliphatic rings. The molecule has 2 saturated heterocycles. The minimum absolute atomic E-state index is 0.0538. The number of alkyl halides is 1. The smallest absolute Gasteiger partial charge is 0.328 e. The molecule has 0 aliphatic carbocycles. The standard InChI is InChI=1S/C21H25FN5O6P/c1-20(2)31-15-16(32-20)21(22,10-30-34(3,28)29-9-13-7-5-4-6-8-13)33-19(15)27-12-26-14-17(23)24-11-25-18(14)27/h4-8,11-12,15-16,19H,9-10H2,1-3H3,(H2,23,24,25)/t15-,16?,19+,21+,34?/m0/s1. The largest absolute Gasteiger partial charge is 0.382 e. The molecule has 0 spiro atoms. The van der Waals surface area contributed by atoms with Crippen LogP contribution in [0.1, 0.15) is 25.6 Å². The van der Waals surface area contributed by atoms with Crippen LogP contribution in [0.5, 0.6) is 0 Å². The summed E-state index contributed by atoms with van der Waals surface area (Å²) < 4.78 is 58.9. The van der Waals surface area contributed by atoms with Gasteiger partial charge in [0.15, 0.2) is 29.6 Å². The average molecular weight is 493 g/mol. The molecule has 34 heavy (non-hydrogen) atoms. The number of nitrogens with two attached hydrogens (primary N) is 1. The van der Waals surface area contributed by atoms with Crippen LogP contribution in [0.2, 0.25) is 0 Å². The quantitative estimate of drug-likeness (QED) is 0.489. The fourth-order valence-electron chi connectivity index (χ4n) is 4.06. The van der Waals surface area contributed by atoms with Crippen LogP contribution in [0, 0.1) is 0 Å². The predicted octanol–water partition coefficient (Wildman–Crippen LogP) is 3.18. The van der Waals surface area contributed by atoms with E-state index in [2.05, 4.69) is 15.0 Å². The van der Waals surface area contributed by atoms with Gasteiger partial charge in [-0.25, -0.2) is 19.3 Å². The van der Waals surface area contributed by atoms with Gasteiger partial charge in [0.05, 0.1) is 12.9 Å². The first-order chi connectivity index (χ1) is 16.1. The van der Waals surface area contributed by atoms with E-state index >= 15 is 4.39 Å². The lowest BCUT2D eigenvalue weighted by atomic mass is 10.1. The highest BCUT2D eigenvalue weighted by atomic mass is 31.2. The van der Waals surface area contributed by atoms with Crippen molar-refractivity contribution < 1.29 is 32.2 Å². The van der Waals surface area contributed by atoms with Crippen molar-refractivity contribution in [1.29, 1.82) is 0 Å². The Morgan fingerprint density at radius 1 is 1.15 bits per heavy atom. The van der Waals surface area contributed by atoms with Crippen LogP contribution in [-0.2, 0) is 34.4 Å². The Balaban J connectivity index is 1.36. The molecule has 2 aromatic heterocycles. The molecular formula is C21H25FN5O6P. The fraction of sp³-hybridized carbons (Fsp3) is 0.476. The minimum atomic E-state index is -3.62. The topological polar surface area (TPSA) is 133 Å². The number of aromatic nitrogens is 4. The van der Waals surface area contributed by atoms with E-state index < -0.39 is 44.3 Å². The molecule has 1 aromatic carbocycles. The van der Waals surface area contributed by atoms with Gasteiger partial charge in [0, 0.05) is 6.66 Å². The van der Waals surface area contributed by atoms with Crippen molar-refractivity contribution in [2.24, 2.45) is 0 Å². The van der Waals surface area contributed by atoms with E-state index in [4.69, 9.17) is 29.0 Å². The van der Waals surface area contributed by atoms with Gasteiger partial charge in [0.1, 0.15) is 24.6 Å². The second-order valence-electron chi connectivity index (χ2n) is 8.70. The summed E-state index contributed by atoms with van der Waals surface area (Å²) in [6, 6.07) is 9.17. The summed E-state index contributed by atoms with van der Waals surface area (Å²) in [5.41, 5.74) is 7.38. The van der Waals surface area contributed by atoms with Crippen molar-refractivity contribution in [3.63, 3.8) is 0 Å². The van der Waals surface area contributed by atoms with Gasteiger partial charge in [-0.3, -0.25) is 9.13 Å². The van der Waals surface area contributed by atoms with E-state index in [0.29, 0.717) is 11.2 Å². The van der Waals surface area contributed by atoms with Crippen LogP contribution in [-0.4, -0.2) is 56.6 Å². The highest BCUT2D eigenvalue weighted by molar-refractivity contribution is 7.52. The molecule has 2 N–H and O–H groups in total. The molecule has 0 radical (unpaired) electrons.